The summed E-state index contributed by atoms with van der Waals surface area (Å²) < 4.78 is 25.0. The fraction of sp³-hybridized carbons (Fsp3) is 0.0455. The molecule has 0 saturated carbocycles. The molecule has 0 spiro atoms. The summed E-state index contributed by atoms with van der Waals surface area (Å²) in [7, 11) is 0. The number of hydrogen-bond acceptors (Lipinski definition) is 3. The highest BCUT2D eigenvalue weighted by Crippen LogP contribution is 2.35. The number of allylic oxidation sites excluding steroid dienone is 1. The predicted octanol–water partition coefficient (Wildman–Crippen LogP) is 5.67. The van der Waals surface area contributed by atoms with E-state index in [1.165, 1.54) is 6.07 Å². The second-order valence-corrected chi connectivity index (χ2v) is 6.41. The van der Waals surface area contributed by atoms with Gasteiger partial charge in [0, 0.05) is 16.7 Å². The Kier molecular flexibility index (Phi) is 4.65. The van der Waals surface area contributed by atoms with Crippen LogP contribution >= 0.6 is 11.6 Å². The number of carbonyl (C=O) groups is 1. The van der Waals surface area contributed by atoms with E-state index in [9.17, 15) is 9.18 Å². The molecule has 1 aliphatic heterocycles. The zero-order valence-corrected chi connectivity index (χ0v) is 14.9. The highest BCUT2D eigenvalue weighted by molar-refractivity contribution is 6.32. The predicted molar refractivity (Wildman–Crippen MR) is 102 cm³/mol. The highest BCUT2D eigenvalue weighted by atomic mass is 35.5. The zero-order chi connectivity index (χ0) is 18.8. The number of hydrogen-bond donors (Lipinski definition) is 0. The third-order valence-electron chi connectivity index (χ3n) is 4.19. The van der Waals surface area contributed by atoms with Crippen molar-refractivity contribution in [1.82, 2.24) is 0 Å². The van der Waals surface area contributed by atoms with Crippen molar-refractivity contribution in [3.05, 3.63) is 100 Å². The average molecular weight is 381 g/mol. The van der Waals surface area contributed by atoms with Crippen LogP contribution in [0.25, 0.3) is 6.08 Å². The maximum atomic E-state index is 13.7. The van der Waals surface area contributed by atoms with E-state index in [4.69, 9.17) is 21.1 Å². The Morgan fingerprint density at radius 1 is 1.04 bits per heavy atom. The molecular formula is C22H14ClFO3. The van der Waals surface area contributed by atoms with Gasteiger partial charge in [0.05, 0.1) is 5.56 Å². The summed E-state index contributed by atoms with van der Waals surface area (Å²) in [6.45, 7) is 0.0850. The lowest BCUT2D eigenvalue weighted by molar-refractivity contribution is 0.101. The van der Waals surface area contributed by atoms with Gasteiger partial charge in [0.15, 0.2) is 5.76 Å². The largest absolute Gasteiger partial charge is 0.489 e. The van der Waals surface area contributed by atoms with E-state index in [0.717, 1.165) is 0 Å². The Balaban J connectivity index is 1.54. The number of fused-ring (bicyclic) bond motifs is 1. The lowest BCUT2D eigenvalue weighted by atomic mass is 10.1. The molecule has 1 aliphatic rings. The molecule has 0 unspecified atom stereocenters. The van der Waals surface area contributed by atoms with Gasteiger partial charge in [0.25, 0.3) is 0 Å². The smallest absolute Gasteiger partial charge is 0.231 e. The van der Waals surface area contributed by atoms with Crippen LogP contribution in [0, 0.1) is 5.82 Å². The molecule has 0 atom stereocenters. The normalized spacial score (nSPS) is 14.1. The van der Waals surface area contributed by atoms with E-state index in [0.29, 0.717) is 33.2 Å². The minimum atomic E-state index is -0.324. The molecule has 5 heteroatoms. The summed E-state index contributed by atoms with van der Waals surface area (Å²) in [4.78, 5) is 12.5. The van der Waals surface area contributed by atoms with Gasteiger partial charge in [0.2, 0.25) is 5.78 Å². The topological polar surface area (TPSA) is 35.5 Å². The van der Waals surface area contributed by atoms with Gasteiger partial charge >= 0.3 is 0 Å². The molecule has 0 fully saturated rings. The van der Waals surface area contributed by atoms with E-state index >= 15 is 0 Å². The van der Waals surface area contributed by atoms with Crippen LogP contribution in [0.2, 0.25) is 5.02 Å². The molecule has 27 heavy (non-hydrogen) atoms. The lowest BCUT2D eigenvalue weighted by Gasteiger charge is -2.08. The van der Waals surface area contributed by atoms with Gasteiger partial charge in [-0.3, -0.25) is 4.79 Å². The number of Topliss-reactive ketones (excluding diaryl/α,β-unsaturated/α-hetero) is 1. The molecule has 134 valence electrons. The summed E-state index contributed by atoms with van der Waals surface area (Å²) in [5, 5.41) is 0.534. The van der Waals surface area contributed by atoms with Crippen LogP contribution in [0.5, 0.6) is 11.5 Å². The Morgan fingerprint density at radius 3 is 2.63 bits per heavy atom. The Bertz CT molecular complexity index is 1060. The van der Waals surface area contributed by atoms with Crippen LogP contribution in [-0.4, -0.2) is 5.78 Å². The first-order chi connectivity index (χ1) is 13.1. The number of benzene rings is 3. The van der Waals surface area contributed by atoms with E-state index in [-0.39, 0.29) is 24.0 Å². The van der Waals surface area contributed by atoms with Crippen molar-refractivity contribution in [2.24, 2.45) is 0 Å². The highest BCUT2D eigenvalue weighted by Gasteiger charge is 2.28. The first kappa shape index (κ1) is 17.3. The molecule has 0 aliphatic carbocycles. The van der Waals surface area contributed by atoms with Crippen molar-refractivity contribution >= 4 is 23.5 Å². The fourth-order valence-corrected chi connectivity index (χ4v) is 2.96. The maximum Gasteiger partial charge on any atom is 0.231 e. The van der Waals surface area contributed by atoms with Crippen LogP contribution < -0.4 is 9.47 Å². The monoisotopic (exact) mass is 380 g/mol. The molecule has 3 aromatic rings. The second-order valence-electron chi connectivity index (χ2n) is 6.00. The Morgan fingerprint density at radius 2 is 1.81 bits per heavy atom. The van der Waals surface area contributed by atoms with Crippen LogP contribution in [-0.2, 0) is 6.61 Å². The van der Waals surface area contributed by atoms with Gasteiger partial charge in [-0.05, 0) is 35.9 Å². The molecule has 3 aromatic carbocycles. The zero-order valence-electron chi connectivity index (χ0n) is 14.1. The first-order valence-electron chi connectivity index (χ1n) is 8.31. The first-order valence-corrected chi connectivity index (χ1v) is 8.68. The van der Waals surface area contributed by atoms with Crippen molar-refractivity contribution in [2.45, 2.75) is 6.61 Å². The number of ether oxygens (including phenoxy) is 2. The van der Waals surface area contributed by atoms with Gasteiger partial charge in [-0.15, -0.1) is 0 Å². The molecule has 4 rings (SSSR count). The average Bonchev–Trinajstić information content (AvgIpc) is 2.98. The molecule has 0 N–H and O–H groups in total. The second kappa shape index (κ2) is 7.25. The SMILES string of the molecule is O=C1C(=Cc2ccccc2Cl)Oc2cc(OCc3ccccc3F)ccc21. The minimum Gasteiger partial charge on any atom is -0.489 e. The van der Waals surface area contributed by atoms with Gasteiger partial charge in [0.1, 0.15) is 23.9 Å². The Hall–Kier alpha value is -3.11. The van der Waals surface area contributed by atoms with Crippen molar-refractivity contribution < 1.29 is 18.7 Å². The third-order valence-corrected chi connectivity index (χ3v) is 4.53. The number of ketones is 1. The summed E-state index contributed by atoms with van der Waals surface area (Å²) in [5.41, 5.74) is 1.60. The molecule has 0 amide bonds. The molecule has 0 saturated heterocycles. The molecule has 0 aromatic heterocycles. The van der Waals surface area contributed by atoms with Gasteiger partial charge in [-0.2, -0.15) is 0 Å². The molecular weight excluding hydrogens is 367 g/mol. The third kappa shape index (κ3) is 3.57. The van der Waals surface area contributed by atoms with Crippen molar-refractivity contribution in [3.8, 4) is 11.5 Å². The van der Waals surface area contributed by atoms with E-state index in [2.05, 4.69) is 0 Å². The molecule has 3 nitrogen and oxygen atoms in total. The van der Waals surface area contributed by atoms with Gasteiger partial charge < -0.3 is 9.47 Å². The quantitative estimate of drug-likeness (QED) is 0.547. The van der Waals surface area contributed by atoms with Crippen molar-refractivity contribution in [2.75, 3.05) is 0 Å². The summed E-state index contributed by atoms with van der Waals surface area (Å²) in [5.74, 6) is 0.554. The maximum absolute atomic E-state index is 13.7. The number of carbonyl (C=O) groups excluding carboxylic acids is 1. The van der Waals surface area contributed by atoms with E-state index in [1.54, 1.807) is 54.6 Å². The van der Waals surface area contributed by atoms with Gasteiger partial charge in [-0.1, -0.05) is 48.0 Å². The van der Waals surface area contributed by atoms with Crippen LogP contribution in [0.15, 0.2) is 72.5 Å². The standard InChI is InChI=1S/C22H14ClFO3/c23-18-7-3-1-5-14(18)11-21-22(25)17-10-9-16(12-20(17)27-21)26-13-15-6-2-4-8-19(15)24/h1-12H,13H2. The van der Waals surface area contributed by atoms with Crippen molar-refractivity contribution in [1.29, 1.82) is 0 Å². The van der Waals surface area contributed by atoms with Crippen molar-refractivity contribution in [3.63, 3.8) is 0 Å². The van der Waals surface area contributed by atoms with Crippen LogP contribution in [0.4, 0.5) is 4.39 Å². The lowest BCUT2D eigenvalue weighted by Crippen LogP contribution is -1.98. The summed E-state index contributed by atoms with van der Waals surface area (Å²) in [6.07, 6.45) is 1.62. The summed E-state index contributed by atoms with van der Waals surface area (Å²) in [6, 6.07) is 18.5. The van der Waals surface area contributed by atoms with Crippen LogP contribution in [0.1, 0.15) is 21.5 Å². The molecule has 0 radical (unpaired) electrons. The van der Waals surface area contributed by atoms with E-state index < -0.39 is 0 Å². The minimum absolute atomic E-state index is 0.0850. The van der Waals surface area contributed by atoms with Gasteiger partial charge in [-0.25, -0.2) is 4.39 Å². The number of rotatable bonds is 4. The van der Waals surface area contributed by atoms with Crippen LogP contribution in [0.3, 0.4) is 0 Å². The Labute approximate surface area is 160 Å². The fourth-order valence-electron chi connectivity index (χ4n) is 2.77. The van der Waals surface area contributed by atoms with E-state index in [1.807, 2.05) is 12.1 Å². The number of halogens is 2. The summed E-state index contributed by atoms with van der Waals surface area (Å²) >= 11 is 6.14. The molecule has 1 heterocycles. The molecule has 0 bridgehead atoms.